The second-order valence-corrected chi connectivity index (χ2v) is 9.81. The number of aromatic amines is 1. The molecule has 1 aliphatic carbocycles. The highest BCUT2D eigenvalue weighted by molar-refractivity contribution is 5.77. The molecule has 2 fully saturated rings. The van der Waals surface area contributed by atoms with Crippen LogP contribution in [0, 0.1) is 0 Å². The first-order valence-electron chi connectivity index (χ1n) is 13.1. The van der Waals surface area contributed by atoms with Crippen LogP contribution in [0.2, 0.25) is 0 Å². The predicted octanol–water partition coefficient (Wildman–Crippen LogP) is 4.63. The largest absolute Gasteiger partial charge is 0.493 e. The van der Waals surface area contributed by atoms with Gasteiger partial charge in [0.2, 0.25) is 5.91 Å². The Morgan fingerprint density at radius 2 is 1.92 bits per heavy atom. The van der Waals surface area contributed by atoms with Gasteiger partial charge < -0.3 is 24.3 Å². The molecular formula is C29H36N4O3. The standard InChI is InChI=1S/C29H36N4O3/c1-35-27-13-12-24(18-28(27)36-26-9-5-6-10-26)32-15-16-33(29(34)14-11-23-19-30-21-31-23)25(20-32)17-22-7-3-2-4-8-22/h2-4,7-8,12-13,18-19,21,25-26H,5-6,9-11,14-17,20H2,1H3,(H,30,31)/t25-/m0/s1. The van der Waals surface area contributed by atoms with Gasteiger partial charge in [0.1, 0.15) is 0 Å². The molecule has 7 nitrogen and oxygen atoms in total. The molecule has 0 unspecified atom stereocenters. The number of aromatic nitrogens is 2. The minimum atomic E-state index is 0.0942. The smallest absolute Gasteiger partial charge is 0.223 e. The topological polar surface area (TPSA) is 70.7 Å². The molecule has 0 spiro atoms. The van der Waals surface area contributed by atoms with E-state index in [1.54, 1.807) is 19.6 Å². The van der Waals surface area contributed by atoms with E-state index >= 15 is 0 Å². The highest BCUT2D eigenvalue weighted by atomic mass is 16.5. The number of hydrogen-bond acceptors (Lipinski definition) is 5. The highest BCUT2D eigenvalue weighted by Crippen LogP contribution is 2.36. The summed E-state index contributed by atoms with van der Waals surface area (Å²) >= 11 is 0. The number of methoxy groups -OCH3 is 1. The molecule has 1 aromatic heterocycles. The van der Waals surface area contributed by atoms with Crippen molar-refractivity contribution >= 4 is 11.6 Å². The van der Waals surface area contributed by atoms with Crippen LogP contribution in [0.1, 0.15) is 43.4 Å². The normalized spacial score (nSPS) is 18.4. The number of nitrogens with zero attached hydrogens (tertiary/aromatic N) is 3. The molecule has 1 aliphatic heterocycles. The number of carbonyl (C=O) groups is 1. The van der Waals surface area contributed by atoms with Gasteiger partial charge in [-0.2, -0.15) is 0 Å². The Labute approximate surface area is 213 Å². The average Bonchev–Trinajstić information content (AvgIpc) is 3.62. The summed E-state index contributed by atoms with van der Waals surface area (Å²) in [4.78, 5) is 24.9. The molecule has 190 valence electrons. The van der Waals surface area contributed by atoms with E-state index in [4.69, 9.17) is 9.47 Å². The fourth-order valence-electron chi connectivity index (χ4n) is 5.43. The number of H-pyrrole nitrogens is 1. The van der Waals surface area contributed by atoms with Gasteiger partial charge in [0, 0.05) is 49.7 Å². The van der Waals surface area contributed by atoms with Gasteiger partial charge in [0.15, 0.2) is 11.5 Å². The number of nitrogens with one attached hydrogen (secondary N) is 1. The van der Waals surface area contributed by atoms with Gasteiger partial charge in [-0.05, 0) is 56.2 Å². The number of benzene rings is 2. The van der Waals surface area contributed by atoms with Gasteiger partial charge in [-0.25, -0.2) is 4.98 Å². The Bertz CT molecular complexity index is 1110. The molecule has 1 atom stereocenters. The minimum Gasteiger partial charge on any atom is -0.493 e. The number of carbonyl (C=O) groups excluding carboxylic acids is 1. The molecule has 2 aromatic carbocycles. The first-order valence-corrected chi connectivity index (χ1v) is 13.1. The summed E-state index contributed by atoms with van der Waals surface area (Å²) in [5.41, 5.74) is 3.36. The molecule has 5 rings (SSSR count). The lowest BCUT2D eigenvalue weighted by Gasteiger charge is -2.43. The van der Waals surface area contributed by atoms with E-state index in [0.29, 0.717) is 19.4 Å². The maximum absolute atomic E-state index is 13.3. The van der Waals surface area contributed by atoms with E-state index in [9.17, 15) is 4.79 Å². The van der Waals surface area contributed by atoms with Crippen molar-refractivity contribution in [3.05, 3.63) is 72.3 Å². The summed E-state index contributed by atoms with van der Waals surface area (Å²) < 4.78 is 12.0. The Kier molecular flexibility index (Phi) is 7.74. The van der Waals surface area contributed by atoms with E-state index in [1.807, 2.05) is 12.1 Å². The monoisotopic (exact) mass is 488 g/mol. The molecule has 0 bridgehead atoms. The molecule has 1 saturated carbocycles. The molecule has 36 heavy (non-hydrogen) atoms. The van der Waals surface area contributed by atoms with Crippen LogP contribution in [0.25, 0.3) is 0 Å². The van der Waals surface area contributed by atoms with Gasteiger partial charge in [-0.15, -0.1) is 0 Å². The molecule has 7 heteroatoms. The third-order valence-corrected chi connectivity index (χ3v) is 7.39. The molecular weight excluding hydrogens is 452 g/mol. The van der Waals surface area contributed by atoms with Crippen molar-refractivity contribution in [2.45, 2.75) is 57.1 Å². The third-order valence-electron chi connectivity index (χ3n) is 7.39. The van der Waals surface area contributed by atoms with E-state index in [-0.39, 0.29) is 18.1 Å². The van der Waals surface area contributed by atoms with Crippen LogP contribution in [-0.4, -0.2) is 59.7 Å². The van der Waals surface area contributed by atoms with Crippen molar-refractivity contribution in [1.82, 2.24) is 14.9 Å². The van der Waals surface area contributed by atoms with Gasteiger partial charge >= 0.3 is 0 Å². The summed E-state index contributed by atoms with van der Waals surface area (Å²) in [6, 6.07) is 16.8. The Morgan fingerprint density at radius 3 is 2.67 bits per heavy atom. The number of piperazine rings is 1. The van der Waals surface area contributed by atoms with Crippen LogP contribution in [-0.2, 0) is 17.6 Å². The number of amides is 1. The fraction of sp³-hybridized carbons (Fsp3) is 0.448. The van der Waals surface area contributed by atoms with Gasteiger partial charge in [-0.1, -0.05) is 30.3 Å². The first-order chi connectivity index (χ1) is 17.7. The van der Waals surface area contributed by atoms with Crippen LogP contribution >= 0.6 is 0 Å². The first kappa shape index (κ1) is 24.2. The van der Waals surface area contributed by atoms with Crippen molar-refractivity contribution in [2.24, 2.45) is 0 Å². The number of ether oxygens (including phenoxy) is 2. The van der Waals surface area contributed by atoms with E-state index in [1.165, 1.54) is 18.4 Å². The Hall–Kier alpha value is -3.48. The Balaban J connectivity index is 1.32. The lowest BCUT2D eigenvalue weighted by Crippen LogP contribution is -2.56. The van der Waals surface area contributed by atoms with E-state index in [0.717, 1.165) is 55.2 Å². The average molecular weight is 489 g/mol. The summed E-state index contributed by atoms with van der Waals surface area (Å²) in [5.74, 6) is 1.80. The molecule has 3 aromatic rings. The Morgan fingerprint density at radius 1 is 1.08 bits per heavy atom. The second kappa shape index (κ2) is 11.5. The lowest BCUT2D eigenvalue weighted by atomic mass is 10.0. The SMILES string of the molecule is COc1ccc(N2CCN(C(=O)CCc3cnc[nH]3)[C@@H](Cc3ccccc3)C2)cc1OC1CCCC1. The number of aryl methyl sites for hydroxylation is 1. The zero-order valence-electron chi connectivity index (χ0n) is 21.1. The number of imidazole rings is 1. The van der Waals surface area contributed by atoms with Crippen LogP contribution in [0.3, 0.4) is 0 Å². The van der Waals surface area contributed by atoms with Crippen LogP contribution < -0.4 is 14.4 Å². The molecule has 1 amide bonds. The number of rotatable bonds is 9. The molecule has 2 heterocycles. The third kappa shape index (κ3) is 5.83. The zero-order valence-corrected chi connectivity index (χ0v) is 21.1. The van der Waals surface area contributed by atoms with E-state index < -0.39 is 0 Å². The van der Waals surface area contributed by atoms with Gasteiger partial charge in [0.05, 0.1) is 25.6 Å². The number of hydrogen-bond donors (Lipinski definition) is 1. The van der Waals surface area contributed by atoms with Crippen molar-refractivity contribution < 1.29 is 14.3 Å². The molecule has 1 saturated heterocycles. The second-order valence-electron chi connectivity index (χ2n) is 9.81. The van der Waals surface area contributed by atoms with Crippen molar-refractivity contribution in [1.29, 1.82) is 0 Å². The number of anilines is 1. The van der Waals surface area contributed by atoms with Crippen LogP contribution in [0.15, 0.2) is 61.1 Å². The molecule has 0 radical (unpaired) electrons. The quantitative estimate of drug-likeness (QED) is 0.476. The maximum atomic E-state index is 13.3. The predicted molar refractivity (Wildman–Crippen MR) is 141 cm³/mol. The van der Waals surface area contributed by atoms with Crippen molar-refractivity contribution in [3.63, 3.8) is 0 Å². The summed E-state index contributed by atoms with van der Waals surface area (Å²) in [6.07, 6.45) is 10.4. The van der Waals surface area contributed by atoms with Gasteiger partial charge in [-0.3, -0.25) is 4.79 Å². The summed E-state index contributed by atoms with van der Waals surface area (Å²) in [6.45, 7) is 2.26. The van der Waals surface area contributed by atoms with Crippen molar-refractivity contribution in [3.8, 4) is 11.5 Å². The van der Waals surface area contributed by atoms with Crippen LogP contribution in [0.4, 0.5) is 5.69 Å². The minimum absolute atomic E-state index is 0.0942. The van der Waals surface area contributed by atoms with Gasteiger partial charge in [0.25, 0.3) is 0 Å². The summed E-state index contributed by atoms with van der Waals surface area (Å²) in [7, 11) is 1.69. The van der Waals surface area contributed by atoms with Crippen molar-refractivity contribution in [2.75, 3.05) is 31.6 Å². The van der Waals surface area contributed by atoms with Crippen LogP contribution in [0.5, 0.6) is 11.5 Å². The fourth-order valence-corrected chi connectivity index (χ4v) is 5.43. The van der Waals surface area contributed by atoms with E-state index in [2.05, 4.69) is 56.2 Å². The highest BCUT2D eigenvalue weighted by Gasteiger charge is 2.31. The lowest BCUT2D eigenvalue weighted by molar-refractivity contribution is -0.133. The maximum Gasteiger partial charge on any atom is 0.223 e. The zero-order chi connectivity index (χ0) is 24.7. The summed E-state index contributed by atoms with van der Waals surface area (Å²) in [5, 5.41) is 0. The molecule has 1 N–H and O–H groups in total. The molecule has 2 aliphatic rings.